The average Bonchev–Trinajstić information content (AvgIpc) is 3.15. The van der Waals surface area contributed by atoms with Crippen molar-refractivity contribution in [3.63, 3.8) is 0 Å². The summed E-state index contributed by atoms with van der Waals surface area (Å²) in [6.45, 7) is 10.9. The molecule has 1 amide bonds. The molecule has 0 heterocycles. The number of carbonyl (C=O) groups is 1. The van der Waals surface area contributed by atoms with Gasteiger partial charge in [-0.15, -0.1) is 0 Å². The van der Waals surface area contributed by atoms with Gasteiger partial charge in [0.15, 0.2) is 6.61 Å². The van der Waals surface area contributed by atoms with Crippen LogP contribution in [0.2, 0.25) is 0 Å². The number of hydrogen-bond acceptors (Lipinski definition) is 2. The van der Waals surface area contributed by atoms with Gasteiger partial charge >= 0.3 is 0 Å². The number of nitrogens with one attached hydrogen (secondary N) is 1. The molecule has 4 atom stereocenters. The maximum atomic E-state index is 12.4. The Morgan fingerprint density at radius 3 is 2.64 bits per heavy atom. The highest BCUT2D eigenvalue weighted by molar-refractivity contribution is 5.77. The highest BCUT2D eigenvalue weighted by Crippen LogP contribution is 2.49. The van der Waals surface area contributed by atoms with Gasteiger partial charge in [0.25, 0.3) is 5.91 Å². The number of amides is 1. The van der Waals surface area contributed by atoms with Crippen molar-refractivity contribution >= 4 is 5.91 Å². The van der Waals surface area contributed by atoms with Crippen molar-refractivity contribution < 1.29 is 9.53 Å². The van der Waals surface area contributed by atoms with Gasteiger partial charge in [0.05, 0.1) is 0 Å². The van der Waals surface area contributed by atoms with Gasteiger partial charge in [-0.1, -0.05) is 44.9 Å². The molecule has 3 rings (SSSR count). The quantitative estimate of drug-likeness (QED) is 0.847. The van der Waals surface area contributed by atoms with E-state index in [0.717, 1.165) is 23.1 Å². The molecule has 0 spiro atoms. The van der Waals surface area contributed by atoms with Crippen LogP contribution in [0.1, 0.15) is 64.5 Å². The summed E-state index contributed by atoms with van der Waals surface area (Å²) in [5.74, 6) is 3.21. The molecule has 138 valence electrons. The Hall–Kier alpha value is -1.51. The van der Waals surface area contributed by atoms with Crippen molar-refractivity contribution in [1.29, 1.82) is 0 Å². The van der Waals surface area contributed by atoms with Crippen molar-refractivity contribution in [3.05, 3.63) is 29.3 Å². The maximum absolute atomic E-state index is 12.4. The van der Waals surface area contributed by atoms with Crippen LogP contribution >= 0.6 is 0 Å². The van der Waals surface area contributed by atoms with Crippen LogP contribution in [0.3, 0.4) is 0 Å². The van der Waals surface area contributed by atoms with Gasteiger partial charge in [0.2, 0.25) is 0 Å². The van der Waals surface area contributed by atoms with E-state index in [2.05, 4.69) is 46.0 Å². The van der Waals surface area contributed by atoms with Crippen LogP contribution in [-0.2, 0) is 10.2 Å². The molecule has 0 unspecified atom stereocenters. The van der Waals surface area contributed by atoms with E-state index >= 15 is 0 Å². The third-order valence-electron chi connectivity index (χ3n) is 6.13. The Morgan fingerprint density at radius 1 is 1.28 bits per heavy atom. The summed E-state index contributed by atoms with van der Waals surface area (Å²) in [5.41, 5.74) is 2.36. The molecule has 0 radical (unpaired) electrons. The molecule has 1 aromatic carbocycles. The molecule has 0 saturated heterocycles. The predicted molar refractivity (Wildman–Crippen MR) is 102 cm³/mol. The molecule has 2 bridgehead atoms. The first-order valence-corrected chi connectivity index (χ1v) is 9.77. The largest absolute Gasteiger partial charge is 0.483 e. The molecule has 3 heteroatoms. The number of ether oxygens (including phenoxy) is 1. The lowest BCUT2D eigenvalue weighted by Crippen LogP contribution is -2.42. The van der Waals surface area contributed by atoms with Gasteiger partial charge in [-0.25, -0.2) is 0 Å². The Bertz CT molecular complexity index is 631. The van der Waals surface area contributed by atoms with E-state index in [4.69, 9.17) is 4.74 Å². The molecule has 1 aromatic rings. The maximum Gasteiger partial charge on any atom is 0.258 e. The second-order valence-electron chi connectivity index (χ2n) is 9.23. The van der Waals surface area contributed by atoms with Crippen LogP contribution in [-0.4, -0.2) is 18.6 Å². The highest BCUT2D eigenvalue weighted by Gasteiger charge is 2.42. The lowest BCUT2D eigenvalue weighted by atomic mass is 9.84. The molecular weight excluding hydrogens is 310 g/mol. The van der Waals surface area contributed by atoms with E-state index in [1.54, 1.807) is 0 Å². The summed E-state index contributed by atoms with van der Waals surface area (Å²) >= 11 is 0. The molecular formula is C22H33NO2. The average molecular weight is 344 g/mol. The first-order valence-electron chi connectivity index (χ1n) is 9.77. The minimum Gasteiger partial charge on any atom is -0.483 e. The molecule has 2 fully saturated rings. The van der Waals surface area contributed by atoms with Crippen LogP contribution in [0.15, 0.2) is 18.2 Å². The zero-order valence-corrected chi connectivity index (χ0v) is 16.4. The summed E-state index contributed by atoms with van der Waals surface area (Å²) in [7, 11) is 0. The van der Waals surface area contributed by atoms with Crippen molar-refractivity contribution in [2.75, 3.05) is 6.61 Å². The van der Waals surface area contributed by atoms with Crippen molar-refractivity contribution in [2.24, 2.45) is 17.8 Å². The number of rotatable bonds is 5. The number of benzene rings is 1. The lowest BCUT2D eigenvalue weighted by molar-refractivity contribution is -0.124. The SMILES string of the molecule is Cc1ccc(OCC(=O)N[C@@H](C)[C@H]2C[C@H]3CC[C@H]2C3)c(C(C)(C)C)c1. The van der Waals surface area contributed by atoms with Crippen molar-refractivity contribution in [1.82, 2.24) is 5.32 Å². The Kier molecular flexibility index (Phi) is 5.13. The van der Waals surface area contributed by atoms with Crippen LogP contribution in [0.5, 0.6) is 5.75 Å². The number of fused-ring (bicyclic) bond motifs is 2. The van der Waals surface area contributed by atoms with Crippen molar-refractivity contribution in [3.8, 4) is 5.75 Å². The molecule has 3 nitrogen and oxygen atoms in total. The summed E-state index contributed by atoms with van der Waals surface area (Å²) < 4.78 is 5.89. The molecule has 25 heavy (non-hydrogen) atoms. The van der Waals surface area contributed by atoms with Gasteiger partial charge in [0.1, 0.15) is 5.75 Å². The fourth-order valence-electron chi connectivity index (χ4n) is 4.81. The summed E-state index contributed by atoms with van der Waals surface area (Å²) in [6.07, 6.45) is 5.41. The second-order valence-corrected chi connectivity index (χ2v) is 9.23. The zero-order chi connectivity index (χ0) is 18.2. The number of aryl methyl sites for hydroxylation is 1. The standard InChI is InChI=1S/C22H33NO2/c1-14-6-9-20(19(10-14)22(3,4)5)25-13-21(24)23-15(2)18-12-16-7-8-17(18)11-16/h6,9-10,15-18H,7-8,11-13H2,1-5H3,(H,23,24)/t15-,16-,17-,18+/m0/s1. The Morgan fingerprint density at radius 2 is 2.04 bits per heavy atom. The smallest absolute Gasteiger partial charge is 0.258 e. The predicted octanol–water partition coefficient (Wildman–Crippen LogP) is 4.61. The second kappa shape index (κ2) is 7.01. The minimum absolute atomic E-state index is 0.00397. The van der Waals surface area contributed by atoms with Gasteiger partial charge in [-0.3, -0.25) is 4.79 Å². The topological polar surface area (TPSA) is 38.3 Å². The van der Waals surface area contributed by atoms with Crippen molar-refractivity contribution in [2.45, 2.75) is 71.8 Å². The van der Waals surface area contributed by atoms with Crippen LogP contribution in [0.25, 0.3) is 0 Å². The Balaban J connectivity index is 1.56. The first-order chi connectivity index (χ1) is 11.7. The van der Waals surface area contributed by atoms with E-state index in [0.29, 0.717) is 5.92 Å². The number of hydrogen-bond donors (Lipinski definition) is 1. The molecule has 2 aliphatic carbocycles. The van der Waals surface area contributed by atoms with E-state index in [9.17, 15) is 4.79 Å². The van der Waals surface area contributed by atoms with E-state index in [1.807, 2.05) is 12.1 Å². The van der Waals surface area contributed by atoms with Gasteiger partial charge in [-0.05, 0) is 67.9 Å². The molecule has 2 saturated carbocycles. The molecule has 0 aliphatic heterocycles. The molecule has 1 N–H and O–H groups in total. The summed E-state index contributed by atoms with van der Waals surface area (Å²) in [6, 6.07) is 6.44. The third-order valence-corrected chi connectivity index (χ3v) is 6.13. The van der Waals surface area contributed by atoms with Crippen LogP contribution in [0.4, 0.5) is 0 Å². The van der Waals surface area contributed by atoms with Crippen LogP contribution in [0, 0.1) is 24.7 Å². The molecule has 0 aromatic heterocycles. The zero-order valence-electron chi connectivity index (χ0n) is 16.4. The monoisotopic (exact) mass is 343 g/mol. The van der Waals surface area contributed by atoms with Gasteiger partial charge in [0, 0.05) is 6.04 Å². The highest BCUT2D eigenvalue weighted by atomic mass is 16.5. The van der Waals surface area contributed by atoms with E-state index < -0.39 is 0 Å². The van der Waals surface area contributed by atoms with E-state index in [1.165, 1.54) is 31.2 Å². The summed E-state index contributed by atoms with van der Waals surface area (Å²) in [5, 5.41) is 3.18. The van der Waals surface area contributed by atoms with E-state index in [-0.39, 0.29) is 24.0 Å². The summed E-state index contributed by atoms with van der Waals surface area (Å²) in [4.78, 5) is 12.4. The lowest BCUT2D eigenvalue weighted by Gasteiger charge is -2.28. The fraction of sp³-hybridized carbons (Fsp3) is 0.682. The van der Waals surface area contributed by atoms with Gasteiger partial charge < -0.3 is 10.1 Å². The Labute approximate surface area is 152 Å². The van der Waals surface area contributed by atoms with Gasteiger partial charge in [-0.2, -0.15) is 0 Å². The third kappa shape index (κ3) is 4.19. The fourth-order valence-corrected chi connectivity index (χ4v) is 4.81. The first kappa shape index (κ1) is 18.3. The normalized spacial score (nSPS) is 26.5. The molecule has 2 aliphatic rings. The number of carbonyl (C=O) groups excluding carboxylic acids is 1. The van der Waals surface area contributed by atoms with Crippen LogP contribution < -0.4 is 10.1 Å². The minimum atomic E-state index is -0.00575.